The molecular formula is C16H22N4O3. The minimum Gasteiger partial charge on any atom is -0.299 e. The van der Waals surface area contributed by atoms with Crippen molar-refractivity contribution in [3.63, 3.8) is 0 Å². The molecule has 0 aliphatic rings. The molecule has 0 spiro atoms. The van der Waals surface area contributed by atoms with Crippen LogP contribution in [0.15, 0.2) is 24.3 Å². The fraction of sp³-hybridized carbons (Fsp3) is 0.438. The van der Waals surface area contributed by atoms with Crippen LogP contribution in [0.4, 0.5) is 5.69 Å². The molecule has 0 unspecified atom stereocenters. The summed E-state index contributed by atoms with van der Waals surface area (Å²) in [5.41, 5.74) is 6.50. The van der Waals surface area contributed by atoms with Crippen molar-refractivity contribution in [3.8, 4) is 6.07 Å². The second-order valence-corrected chi connectivity index (χ2v) is 5.22. The summed E-state index contributed by atoms with van der Waals surface area (Å²) in [7, 11) is 0. The van der Waals surface area contributed by atoms with Gasteiger partial charge in [-0.05, 0) is 30.7 Å². The Balaban J connectivity index is 2.56. The Labute approximate surface area is 135 Å². The molecule has 0 bridgehead atoms. The first-order valence-electron chi connectivity index (χ1n) is 7.57. The lowest BCUT2D eigenvalue weighted by atomic mass is 10.0. The highest BCUT2D eigenvalue weighted by Gasteiger charge is 2.20. The van der Waals surface area contributed by atoms with Gasteiger partial charge in [0.05, 0.1) is 29.8 Å². The fourth-order valence-electron chi connectivity index (χ4n) is 2.08. The standard InChI is InChI=1S/C16H22N4O3/c1-2-3-4-5-14(11-20(23)12-21)16(22)19-18-15-8-6-13(10-17)7-9-15/h6-9,12,14,18,23H,2-5,11H2,1H3,(H,19,22)/t14-/m0/s1. The largest absolute Gasteiger partial charge is 0.299 e. The number of unbranched alkanes of at least 4 members (excludes halogenated alkanes) is 2. The number of anilines is 1. The number of amides is 2. The summed E-state index contributed by atoms with van der Waals surface area (Å²) < 4.78 is 0. The van der Waals surface area contributed by atoms with Crippen molar-refractivity contribution in [1.29, 1.82) is 5.26 Å². The van der Waals surface area contributed by atoms with Crippen LogP contribution in [0.25, 0.3) is 0 Å². The maximum absolute atomic E-state index is 12.2. The van der Waals surface area contributed by atoms with E-state index in [2.05, 4.69) is 17.8 Å². The van der Waals surface area contributed by atoms with Crippen molar-refractivity contribution in [2.24, 2.45) is 5.92 Å². The van der Waals surface area contributed by atoms with Gasteiger partial charge in [-0.3, -0.25) is 25.6 Å². The topological polar surface area (TPSA) is 105 Å². The molecule has 0 saturated carbocycles. The quantitative estimate of drug-likeness (QED) is 0.265. The summed E-state index contributed by atoms with van der Waals surface area (Å²) in [6, 6.07) is 8.63. The summed E-state index contributed by atoms with van der Waals surface area (Å²) in [5, 5.41) is 18.5. The Bertz CT molecular complexity index is 539. The van der Waals surface area contributed by atoms with Gasteiger partial charge < -0.3 is 0 Å². The fourth-order valence-corrected chi connectivity index (χ4v) is 2.08. The molecule has 1 rings (SSSR count). The minimum absolute atomic E-state index is 0.0475. The molecule has 1 aromatic carbocycles. The van der Waals surface area contributed by atoms with E-state index < -0.39 is 5.92 Å². The first-order chi connectivity index (χ1) is 11.1. The zero-order chi connectivity index (χ0) is 17.1. The van der Waals surface area contributed by atoms with Crippen LogP contribution in [-0.2, 0) is 9.59 Å². The van der Waals surface area contributed by atoms with Crippen LogP contribution in [0, 0.1) is 17.2 Å². The number of nitrogens with zero attached hydrogens (tertiary/aromatic N) is 2. The number of carbonyl (C=O) groups is 2. The summed E-state index contributed by atoms with van der Waals surface area (Å²) in [6.45, 7) is 2.01. The highest BCUT2D eigenvalue weighted by atomic mass is 16.5. The van der Waals surface area contributed by atoms with E-state index in [4.69, 9.17) is 5.26 Å². The number of hydrazine groups is 1. The molecule has 7 heteroatoms. The first kappa shape index (κ1) is 18.5. The van der Waals surface area contributed by atoms with Crippen LogP contribution in [-0.4, -0.2) is 29.1 Å². The minimum atomic E-state index is -0.498. The van der Waals surface area contributed by atoms with E-state index in [9.17, 15) is 14.8 Å². The SMILES string of the molecule is CCCCC[C@@H](CN(O)C=O)C(=O)NNc1ccc(C#N)cc1. The zero-order valence-electron chi connectivity index (χ0n) is 13.2. The number of hydrogen-bond donors (Lipinski definition) is 3. The van der Waals surface area contributed by atoms with E-state index in [1.54, 1.807) is 24.3 Å². The van der Waals surface area contributed by atoms with Gasteiger partial charge in [-0.1, -0.05) is 26.2 Å². The second-order valence-electron chi connectivity index (χ2n) is 5.22. The molecule has 0 aliphatic carbocycles. The van der Waals surface area contributed by atoms with Gasteiger partial charge in [0.25, 0.3) is 0 Å². The van der Waals surface area contributed by atoms with Gasteiger partial charge in [0.15, 0.2) is 0 Å². The van der Waals surface area contributed by atoms with Crippen LogP contribution >= 0.6 is 0 Å². The van der Waals surface area contributed by atoms with Gasteiger partial charge in [0, 0.05) is 0 Å². The number of hydrogen-bond acceptors (Lipinski definition) is 5. The average molecular weight is 318 g/mol. The zero-order valence-corrected chi connectivity index (χ0v) is 13.2. The predicted molar refractivity (Wildman–Crippen MR) is 85.1 cm³/mol. The Hall–Kier alpha value is -2.59. The van der Waals surface area contributed by atoms with Crippen molar-refractivity contribution >= 4 is 18.0 Å². The van der Waals surface area contributed by atoms with E-state index >= 15 is 0 Å². The lowest BCUT2D eigenvalue weighted by molar-refractivity contribution is -0.154. The van der Waals surface area contributed by atoms with Gasteiger partial charge in [0.2, 0.25) is 12.3 Å². The number of hydroxylamine groups is 2. The third kappa shape index (κ3) is 6.80. The average Bonchev–Trinajstić information content (AvgIpc) is 2.59. The molecule has 1 aromatic rings. The van der Waals surface area contributed by atoms with Gasteiger partial charge in [-0.25, -0.2) is 5.06 Å². The van der Waals surface area contributed by atoms with E-state index in [0.29, 0.717) is 22.7 Å². The van der Waals surface area contributed by atoms with Crippen molar-refractivity contribution in [2.75, 3.05) is 12.0 Å². The Morgan fingerprint density at radius 3 is 2.65 bits per heavy atom. The molecule has 7 nitrogen and oxygen atoms in total. The lowest BCUT2D eigenvalue weighted by Gasteiger charge is -2.20. The summed E-state index contributed by atoms with van der Waals surface area (Å²) in [6.07, 6.45) is 3.72. The summed E-state index contributed by atoms with van der Waals surface area (Å²) >= 11 is 0. The highest BCUT2D eigenvalue weighted by molar-refractivity contribution is 5.80. The van der Waals surface area contributed by atoms with E-state index in [-0.39, 0.29) is 18.9 Å². The normalized spacial score (nSPS) is 11.2. The van der Waals surface area contributed by atoms with Gasteiger partial charge in [0.1, 0.15) is 0 Å². The van der Waals surface area contributed by atoms with Gasteiger partial charge >= 0.3 is 0 Å². The smallest absolute Gasteiger partial charge is 0.243 e. The third-order valence-corrected chi connectivity index (χ3v) is 3.40. The molecule has 1 atom stereocenters. The molecule has 0 aromatic heterocycles. The predicted octanol–water partition coefficient (Wildman–Crippen LogP) is 2.05. The molecule has 0 fully saturated rings. The van der Waals surface area contributed by atoms with E-state index in [1.807, 2.05) is 6.07 Å². The summed E-state index contributed by atoms with van der Waals surface area (Å²) in [5.74, 6) is -0.797. The van der Waals surface area contributed by atoms with Gasteiger partial charge in [-0.2, -0.15) is 5.26 Å². The van der Waals surface area contributed by atoms with Crippen LogP contribution in [0.5, 0.6) is 0 Å². The summed E-state index contributed by atoms with van der Waals surface area (Å²) in [4.78, 5) is 22.7. The number of rotatable bonds is 10. The van der Waals surface area contributed by atoms with Crippen molar-refractivity contribution < 1.29 is 14.8 Å². The van der Waals surface area contributed by atoms with Crippen molar-refractivity contribution in [3.05, 3.63) is 29.8 Å². The molecule has 0 heterocycles. The number of benzene rings is 1. The molecule has 0 radical (unpaired) electrons. The first-order valence-corrected chi connectivity index (χ1v) is 7.57. The van der Waals surface area contributed by atoms with Crippen molar-refractivity contribution in [2.45, 2.75) is 32.6 Å². The molecular weight excluding hydrogens is 296 g/mol. The Kier molecular flexibility index (Phi) is 8.18. The molecule has 0 saturated heterocycles. The maximum atomic E-state index is 12.2. The number of carbonyl (C=O) groups excluding carboxylic acids is 2. The van der Waals surface area contributed by atoms with Crippen LogP contribution in [0.2, 0.25) is 0 Å². The van der Waals surface area contributed by atoms with Crippen LogP contribution in [0.1, 0.15) is 38.2 Å². The maximum Gasteiger partial charge on any atom is 0.243 e. The van der Waals surface area contributed by atoms with E-state index in [0.717, 1.165) is 19.3 Å². The number of nitriles is 1. The highest BCUT2D eigenvalue weighted by Crippen LogP contribution is 2.12. The molecule has 23 heavy (non-hydrogen) atoms. The lowest BCUT2D eigenvalue weighted by Crippen LogP contribution is -2.40. The molecule has 124 valence electrons. The van der Waals surface area contributed by atoms with Crippen molar-refractivity contribution in [1.82, 2.24) is 10.5 Å². The Morgan fingerprint density at radius 2 is 2.09 bits per heavy atom. The molecule has 0 aliphatic heterocycles. The Morgan fingerprint density at radius 1 is 1.39 bits per heavy atom. The third-order valence-electron chi connectivity index (χ3n) is 3.40. The van der Waals surface area contributed by atoms with E-state index in [1.165, 1.54) is 0 Å². The molecule has 2 amide bonds. The van der Waals surface area contributed by atoms with Crippen LogP contribution < -0.4 is 10.9 Å². The monoisotopic (exact) mass is 318 g/mol. The van der Waals surface area contributed by atoms with Gasteiger partial charge in [-0.15, -0.1) is 0 Å². The van der Waals surface area contributed by atoms with Crippen LogP contribution in [0.3, 0.4) is 0 Å². The number of nitrogens with one attached hydrogen (secondary N) is 2. The second kappa shape index (κ2) is 10.2. The molecule has 3 N–H and O–H groups in total.